The van der Waals surface area contributed by atoms with Gasteiger partial charge in [0.1, 0.15) is 0 Å². The summed E-state index contributed by atoms with van der Waals surface area (Å²) < 4.78 is 0. The number of anilines is 2. The Bertz CT molecular complexity index is 345. The molecule has 0 bridgehead atoms. The molecule has 0 saturated carbocycles. The molecule has 0 spiro atoms. The number of hydrogen-bond donors (Lipinski definition) is 0. The van der Waals surface area contributed by atoms with Crippen LogP contribution in [0.15, 0.2) is 36.4 Å². The molecular formula is C10H9NO. The average molecular weight is 159 g/mol. The van der Waals surface area contributed by atoms with Crippen LogP contribution in [-0.4, -0.2) is 5.91 Å². The van der Waals surface area contributed by atoms with Crippen molar-refractivity contribution < 1.29 is 4.79 Å². The highest BCUT2D eigenvalue weighted by Gasteiger charge is 2.33. The summed E-state index contributed by atoms with van der Waals surface area (Å²) in [4.78, 5) is 13.1. The molecule has 0 aliphatic carbocycles. The number of carbonyl (C=O) groups is 1. The van der Waals surface area contributed by atoms with Crippen molar-refractivity contribution in [3.8, 4) is 0 Å². The van der Waals surface area contributed by atoms with Gasteiger partial charge in [-0.2, -0.15) is 0 Å². The number of benzene rings is 1. The van der Waals surface area contributed by atoms with E-state index in [2.05, 4.69) is 6.58 Å². The molecule has 12 heavy (non-hydrogen) atoms. The highest BCUT2D eigenvalue weighted by atomic mass is 16.2. The molecule has 0 saturated heterocycles. The molecule has 0 radical (unpaired) electrons. The normalized spacial score (nSPS) is 12.2. The van der Waals surface area contributed by atoms with Crippen LogP contribution in [0, 0.1) is 0 Å². The summed E-state index contributed by atoms with van der Waals surface area (Å²) in [6, 6.07) is 7.70. The number of carbonyl (C=O) groups excluding carboxylic acids is 1. The molecule has 1 aromatic rings. The van der Waals surface area contributed by atoms with E-state index < -0.39 is 0 Å². The van der Waals surface area contributed by atoms with Crippen LogP contribution in [-0.2, 0) is 4.79 Å². The summed E-state index contributed by atoms with van der Waals surface area (Å²) in [5.74, 6) is -0.00352. The Morgan fingerprint density at radius 2 is 1.83 bits per heavy atom. The molecule has 0 aromatic heterocycles. The van der Waals surface area contributed by atoms with Gasteiger partial charge in [0.05, 0.1) is 11.4 Å². The van der Waals surface area contributed by atoms with Gasteiger partial charge in [-0.05, 0) is 19.1 Å². The lowest BCUT2D eigenvalue weighted by atomic mass is 10.3. The third-order valence-corrected chi connectivity index (χ3v) is 1.88. The number of rotatable bonds is 1. The van der Waals surface area contributed by atoms with Crippen LogP contribution < -0.4 is 4.90 Å². The summed E-state index contributed by atoms with van der Waals surface area (Å²) in [6.07, 6.45) is 0. The van der Waals surface area contributed by atoms with Crippen LogP contribution in [0.25, 0.3) is 0 Å². The van der Waals surface area contributed by atoms with Crippen LogP contribution in [0.5, 0.6) is 0 Å². The quantitative estimate of drug-likeness (QED) is 0.454. The van der Waals surface area contributed by atoms with Crippen molar-refractivity contribution in [2.24, 2.45) is 0 Å². The highest BCUT2D eigenvalue weighted by molar-refractivity contribution is 6.21. The second kappa shape index (κ2) is 2.21. The lowest BCUT2D eigenvalue weighted by Gasteiger charge is -1.98. The first-order valence-corrected chi connectivity index (χ1v) is 3.81. The molecule has 2 rings (SSSR count). The molecule has 60 valence electrons. The van der Waals surface area contributed by atoms with Gasteiger partial charge in [-0.3, -0.25) is 9.69 Å². The zero-order chi connectivity index (χ0) is 8.72. The molecular weight excluding hydrogens is 150 g/mol. The summed E-state index contributed by atoms with van der Waals surface area (Å²) in [5, 5.41) is 0. The van der Waals surface area contributed by atoms with Crippen molar-refractivity contribution in [2.75, 3.05) is 4.90 Å². The van der Waals surface area contributed by atoms with Crippen molar-refractivity contribution in [3.63, 3.8) is 0 Å². The molecule has 1 amide bonds. The van der Waals surface area contributed by atoms with Gasteiger partial charge in [0.25, 0.3) is 5.91 Å². The van der Waals surface area contributed by atoms with Crippen LogP contribution in [0.2, 0.25) is 0 Å². The number of hydrogen-bond acceptors (Lipinski definition) is 1. The molecule has 1 heterocycles. The molecule has 2 nitrogen and oxygen atoms in total. The second-order valence-electron chi connectivity index (χ2n) is 2.91. The summed E-state index contributed by atoms with van der Waals surface area (Å²) >= 11 is 0. The number of para-hydroxylation sites is 2. The minimum Gasteiger partial charge on any atom is -0.273 e. The fourth-order valence-electron chi connectivity index (χ4n) is 1.21. The largest absolute Gasteiger partial charge is 0.273 e. The maximum atomic E-state index is 11.4. The van der Waals surface area contributed by atoms with Crippen molar-refractivity contribution in [1.82, 2.24) is 0 Å². The highest BCUT2D eigenvalue weighted by Crippen LogP contribution is 2.47. The lowest BCUT2D eigenvalue weighted by molar-refractivity contribution is -0.113. The first-order valence-electron chi connectivity index (χ1n) is 3.81. The Hall–Kier alpha value is -1.57. The van der Waals surface area contributed by atoms with Crippen LogP contribution in [0.3, 0.4) is 0 Å². The zero-order valence-corrected chi connectivity index (χ0v) is 6.87. The first kappa shape index (κ1) is 7.10. The molecule has 1 aromatic carbocycles. The maximum absolute atomic E-state index is 11.4. The Morgan fingerprint density at radius 1 is 1.33 bits per heavy atom. The maximum Gasteiger partial charge on any atom is 0.258 e. The van der Waals surface area contributed by atoms with Crippen LogP contribution in [0.1, 0.15) is 6.92 Å². The Kier molecular flexibility index (Phi) is 1.30. The van der Waals surface area contributed by atoms with Crippen LogP contribution in [0.4, 0.5) is 11.4 Å². The molecule has 1 aliphatic heterocycles. The molecule has 0 N–H and O–H groups in total. The molecule has 2 heteroatoms. The van der Waals surface area contributed by atoms with E-state index in [9.17, 15) is 4.79 Å². The smallest absolute Gasteiger partial charge is 0.258 e. The zero-order valence-electron chi connectivity index (χ0n) is 6.87. The lowest BCUT2D eigenvalue weighted by Crippen LogP contribution is -2.12. The van der Waals surface area contributed by atoms with Gasteiger partial charge >= 0.3 is 0 Å². The fraction of sp³-hybridized carbons (Fsp3) is 0.100. The fourth-order valence-corrected chi connectivity index (χ4v) is 1.21. The standard InChI is InChI=1S/C10H9NO/c1-7(2)10(12)11-8-5-3-4-6-9(8)11/h3-6H,1H2,2H3. The van der Waals surface area contributed by atoms with E-state index in [4.69, 9.17) is 0 Å². The summed E-state index contributed by atoms with van der Waals surface area (Å²) in [6.45, 7) is 5.33. The van der Waals surface area contributed by atoms with Gasteiger partial charge in [-0.1, -0.05) is 18.7 Å². The molecule has 0 unspecified atom stereocenters. The average Bonchev–Trinajstić information content (AvgIpc) is 2.76. The van der Waals surface area contributed by atoms with E-state index in [0.29, 0.717) is 5.57 Å². The van der Waals surface area contributed by atoms with Gasteiger partial charge < -0.3 is 0 Å². The van der Waals surface area contributed by atoms with Crippen molar-refractivity contribution in [1.29, 1.82) is 0 Å². The van der Waals surface area contributed by atoms with Crippen LogP contribution >= 0.6 is 0 Å². The first-order chi connectivity index (χ1) is 5.72. The van der Waals surface area contributed by atoms with Gasteiger partial charge in [0, 0.05) is 5.57 Å². The third-order valence-electron chi connectivity index (χ3n) is 1.88. The Labute approximate surface area is 71.1 Å². The van der Waals surface area contributed by atoms with Crippen molar-refractivity contribution in [2.45, 2.75) is 6.92 Å². The topological polar surface area (TPSA) is 20.1 Å². The van der Waals surface area contributed by atoms with Gasteiger partial charge in [0.15, 0.2) is 0 Å². The Morgan fingerprint density at radius 3 is 2.25 bits per heavy atom. The van der Waals surface area contributed by atoms with E-state index in [0.717, 1.165) is 11.4 Å². The number of nitrogens with zero attached hydrogens (tertiary/aromatic N) is 1. The van der Waals surface area contributed by atoms with Gasteiger partial charge in [-0.25, -0.2) is 0 Å². The second-order valence-corrected chi connectivity index (χ2v) is 2.91. The minimum atomic E-state index is -0.00352. The predicted octanol–water partition coefficient (Wildman–Crippen LogP) is 2.24. The van der Waals surface area contributed by atoms with Gasteiger partial charge in [-0.15, -0.1) is 0 Å². The molecule has 0 fully saturated rings. The number of fused-ring (bicyclic) bond motifs is 1. The Balaban J connectivity index is 2.26. The minimum absolute atomic E-state index is 0.00352. The third kappa shape index (κ3) is 0.848. The van der Waals surface area contributed by atoms with Crippen molar-refractivity contribution in [3.05, 3.63) is 36.4 Å². The van der Waals surface area contributed by atoms with E-state index in [-0.39, 0.29) is 5.91 Å². The molecule has 1 aliphatic rings. The van der Waals surface area contributed by atoms with Gasteiger partial charge in [0.2, 0.25) is 0 Å². The SMILES string of the molecule is C=C(C)C(=O)N1c2ccccc21. The van der Waals surface area contributed by atoms with E-state index in [1.54, 1.807) is 11.8 Å². The predicted molar refractivity (Wildman–Crippen MR) is 48.4 cm³/mol. The molecule has 0 atom stereocenters. The van der Waals surface area contributed by atoms with Crippen molar-refractivity contribution >= 4 is 17.3 Å². The number of amides is 1. The van der Waals surface area contributed by atoms with E-state index >= 15 is 0 Å². The summed E-state index contributed by atoms with van der Waals surface area (Å²) in [7, 11) is 0. The summed E-state index contributed by atoms with van der Waals surface area (Å²) in [5.41, 5.74) is 2.59. The van der Waals surface area contributed by atoms with E-state index in [1.807, 2.05) is 24.3 Å². The van der Waals surface area contributed by atoms with E-state index in [1.165, 1.54) is 0 Å². The monoisotopic (exact) mass is 159 g/mol.